The maximum absolute atomic E-state index is 11.4. The van der Waals surface area contributed by atoms with E-state index < -0.39 is 0 Å². The highest BCUT2D eigenvalue weighted by molar-refractivity contribution is 5.86. The Morgan fingerprint density at radius 2 is 1.62 bits per heavy atom. The lowest BCUT2D eigenvalue weighted by Crippen LogP contribution is -1.97. The van der Waals surface area contributed by atoms with Gasteiger partial charge in [0.05, 0.1) is 11.3 Å². The fourth-order valence-electron chi connectivity index (χ4n) is 2.47. The van der Waals surface area contributed by atoms with Crippen molar-refractivity contribution in [3.05, 3.63) is 71.4 Å². The zero-order valence-electron chi connectivity index (χ0n) is 12.1. The molecule has 0 amide bonds. The molecule has 3 nitrogen and oxygen atoms in total. The molecule has 0 atom stereocenters. The Kier molecular flexibility index (Phi) is 3.40. The van der Waals surface area contributed by atoms with Gasteiger partial charge in [-0.25, -0.2) is 4.68 Å². The van der Waals surface area contributed by atoms with Crippen molar-refractivity contribution < 1.29 is 4.79 Å². The van der Waals surface area contributed by atoms with Gasteiger partial charge in [-0.2, -0.15) is 5.10 Å². The molecule has 0 spiro atoms. The van der Waals surface area contributed by atoms with Crippen LogP contribution in [0.3, 0.4) is 0 Å². The minimum absolute atomic E-state index is 0.604. The maximum Gasteiger partial charge on any atom is 0.153 e. The highest BCUT2D eigenvalue weighted by Gasteiger charge is 2.13. The lowest BCUT2D eigenvalue weighted by Gasteiger charge is -2.05. The van der Waals surface area contributed by atoms with Gasteiger partial charge >= 0.3 is 0 Å². The summed E-state index contributed by atoms with van der Waals surface area (Å²) < 4.78 is 1.78. The van der Waals surface area contributed by atoms with Crippen LogP contribution < -0.4 is 0 Å². The quantitative estimate of drug-likeness (QED) is 0.678. The lowest BCUT2D eigenvalue weighted by molar-refractivity contribution is 0.112. The second kappa shape index (κ2) is 5.37. The Morgan fingerprint density at radius 1 is 0.952 bits per heavy atom. The standard InChI is InChI=1S/C18H16N2O/c1-13-7-3-5-9-16(13)18-15(12-21)11-20(19-18)17-10-6-4-8-14(17)2/h3-12H,1-2H3. The van der Waals surface area contributed by atoms with Gasteiger partial charge in [-0.15, -0.1) is 0 Å². The van der Waals surface area contributed by atoms with Crippen LogP contribution in [0, 0.1) is 13.8 Å². The molecule has 0 saturated carbocycles. The van der Waals surface area contributed by atoms with Gasteiger partial charge in [-0.1, -0.05) is 42.5 Å². The Balaban J connectivity index is 2.18. The third-order valence-electron chi connectivity index (χ3n) is 3.63. The van der Waals surface area contributed by atoms with Crippen LogP contribution in [0.25, 0.3) is 16.9 Å². The first-order chi connectivity index (χ1) is 10.2. The summed E-state index contributed by atoms with van der Waals surface area (Å²) in [6.45, 7) is 4.06. The normalized spacial score (nSPS) is 10.6. The van der Waals surface area contributed by atoms with Gasteiger partial charge in [0.15, 0.2) is 6.29 Å². The summed E-state index contributed by atoms with van der Waals surface area (Å²) in [7, 11) is 0. The molecule has 0 aliphatic rings. The van der Waals surface area contributed by atoms with E-state index in [0.29, 0.717) is 5.56 Å². The van der Waals surface area contributed by atoms with Crippen LogP contribution in [-0.2, 0) is 0 Å². The van der Waals surface area contributed by atoms with E-state index in [4.69, 9.17) is 0 Å². The number of benzene rings is 2. The molecule has 1 aromatic heterocycles. The Hall–Kier alpha value is -2.68. The summed E-state index contributed by atoms with van der Waals surface area (Å²) in [5, 5.41) is 4.63. The number of carbonyl (C=O) groups excluding carboxylic acids is 1. The predicted octanol–water partition coefficient (Wildman–Crippen LogP) is 3.97. The third kappa shape index (κ3) is 2.38. The lowest BCUT2D eigenvalue weighted by atomic mass is 10.0. The van der Waals surface area contributed by atoms with Crippen molar-refractivity contribution in [3.8, 4) is 16.9 Å². The average molecular weight is 276 g/mol. The minimum Gasteiger partial charge on any atom is -0.298 e. The molecule has 0 aliphatic carbocycles. The van der Waals surface area contributed by atoms with Crippen molar-refractivity contribution in [2.45, 2.75) is 13.8 Å². The molecule has 1 heterocycles. The van der Waals surface area contributed by atoms with E-state index in [0.717, 1.165) is 34.4 Å². The summed E-state index contributed by atoms with van der Waals surface area (Å²) in [4.78, 5) is 11.4. The molecular weight excluding hydrogens is 260 g/mol. The van der Waals surface area contributed by atoms with Crippen molar-refractivity contribution >= 4 is 6.29 Å². The third-order valence-corrected chi connectivity index (χ3v) is 3.63. The number of rotatable bonds is 3. The van der Waals surface area contributed by atoms with Crippen LogP contribution in [0.4, 0.5) is 0 Å². The summed E-state index contributed by atoms with van der Waals surface area (Å²) in [5.41, 5.74) is 5.54. The van der Waals surface area contributed by atoms with Gasteiger partial charge in [0.2, 0.25) is 0 Å². The first kappa shape index (κ1) is 13.3. The first-order valence-electron chi connectivity index (χ1n) is 6.87. The molecule has 0 radical (unpaired) electrons. The van der Waals surface area contributed by atoms with Crippen LogP contribution in [-0.4, -0.2) is 16.1 Å². The van der Waals surface area contributed by atoms with Gasteiger partial charge in [0.25, 0.3) is 0 Å². The Bertz CT molecular complexity index is 802. The molecule has 104 valence electrons. The molecule has 3 aromatic rings. The number of hydrogen-bond donors (Lipinski definition) is 0. The fraction of sp³-hybridized carbons (Fsp3) is 0.111. The number of aryl methyl sites for hydroxylation is 2. The van der Waals surface area contributed by atoms with Crippen LogP contribution >= 0.6 is 0 Å². The number of aromatic nitrogens is 2. The molecule has 0 unspecified atom stereocenters. The zero-order valence-corrected chi connectivity index (χ0v) is 12.1. The van der Waals surface area contributed by atoms with E-state index >= 15 is 0 Å². The molecule has 3 heteroatoms. The second-order valence-corrected chi connectivity index (χ2v) is 5.10. The van der Waals surface area contributed by atoms with Crippen LogP contribution in [0.2, 0.25) is 0 Å². The number of para-hydroxylation sites is 1. The van der Waals surface area contributed by atoms with Gasteiger partial charge in [-0.3, -0.25) is 4.79 Å². The molecule has 0 saturated heterocycles. The minimum atomic E-state index is 0.604. The van der Waals surface area contributed by atoms with E-state index in [9.17, 15) is 4.79 Å². The highest BCUT2D eigenvalue weighted by atomic mass is 16.1. The molecule has 21 heavy (non-hydrogen) atoms. The fourth-order valence-corrected chi connectivity index (χ4v) is 2.47. The van der Waals surface area contributed by atoms with E-state index in [1.54, 1.807) is 10.9 Å². The smallest absolute Gasteiger partial charge is 0.153 e. The van der Waals surface area contributed by atoms with Gasteiger partial charge in [0.1, 0.15) is 5.69 Å². The average Bonchev–Trinajstić information content (AvgIpc) is 2.92. The molecule has 0 bridgehead atoms. The van der Waals surface area contributed by atoms with Crippen molar-refractivity contribution in [3.63, 3.8) is 0 Å². The predicted molar refractivity (Wildman–Crippen MR) is 83.9 cm³/mol. The first-order valence-corrected chi connectivity index (χ1v) is 6.87. The van der Waals surface area contributed by atoms with E-state index in [-0.39, 0.29) is 0 Å². The van der Waals surface area contributed by atoms with Crippen molar-refractivity contribution in [1.82, 2.24) is 9.78 Å². The van der Waals surface area contributed by atoms with Crippen molar-refractivity contribution in [2.24, 2.45) is 0 Å². The molecule has 0 aliphatic heterocycles. The van der Waals surface area contributed by atoms with Gasteiger partial charge < -0.3 is 0 Å². The summed E-state index contributed by atoms with van der Waals surface area (Å²) in [6, 6.07) is 16.0. The molecule has 0 N–H and O–H groups in total. The molecule has 0 fully saturated rings. The second-order valence-electron chi connectivity index (χ2n) is 5.10. The molecule has 2 aromatic carbocycles. The van der Waals surface area contributed by atoms with Gasteiger partial charge in [0, 0.05) is 11.8 Å². The maximum atomic E-state index is 11.4. The monoisotopic (exact) mass is 276 g/mol. The van der Waals surface area contributed by atoms with E-state index in [1.165, 1.54) is 0 Å². The van der Waals surface area contributed by atoms with Crippen molar-refractivity contribution in [2.75, 3.05) is 0 Å². The zero-order chi connectivity index (χ0) is 14.8. The largest absolute Gasteiger partial charge is 0.298 e. The van der Waals surface area contributed by atoms with Crippen LogP contribution in [0.15, 0.2) is 54.7 Å². The Morgan fingerprint density at radius 3 is 2.29 bits per heavy atom. The van der Waals surface area contributed by atoms with Gasteiger partial charge in [-0.05, 0) is 31.0 Å². The Labute approximate surface area is 123 Å². The van der Waals surface area contributed by atoms with E-state index in [2.05, 4.69) is 5.10 Å². The molecular formula is C18H16N2O. The van der Waals surface area contributed by atoms with E-state index in [1.807, 2.05) is 62.4 Å². The number of carbonyl (C=O) groups is 1. The number of hydrogen-bond acceptors (Lipinski definition) is 2. The van der Waals surface area contributed by atoms with Crippen LogP contribution in [0.1, 0.15) is 21.5 Å². The summed E-state index contributed by atoms with van der Waals surface area (Å²) >= 11 is 0. The SMILES string of the molecule is Cc1ccccc1-c1nn(-c2ccccc2C)cc1C=O. The summed E-state index contributed by atoms with van der Waals surface area (Å²) in [6.07, 6.45) is 2.65. The number of nitrogens with zero attached hydrogens (tertiary/aromatic N) is 2. The molecule has 3 rings (SSSR count). The topological polar surface area (TPSA) is 34.9 Å². The highest BCUT2D eigenvalue weighted by Crippen LogP contribution is 2.26. The van der Waals surface area contributed by atoms with Crippen molar-refractivity contribution in [1.29, 1.82) is 0 Å². The summed E-state index contributed by atoms with van der Waals surface area (Å²) in [5.74, 6) is 0. The van der Waals surface area contributed by atoms with Crippen LogP contribution in [0.5, 0.6) is 0 Å². The number of aldehydes is 1.